The van der Waals surface area contributed by atoms with Crippen LogP contribution in [0.25, 0.3) is 10.1 Å². The molecule has 0 N–H and O–H groups in total. The molecule has 0 fully saturated rings. The lowest BCUT2D eigenvalue weighted by Crippen LogP contribution is -2.04. The number of rotatable bonds is 11. The van der Waals surface area contributed by atoms with Crippen molar-refractivity contribution in [3.05, 3.63) is 33.8 Å². The maximum atomic E-state index is 11.9. The van der Waals surface area contributed by atoms with Crippen molar-refractivity contribution in [2.24, 2.45) is 0 Å². The molecule has 2 aromatic rings. The number of esters is 1. The van der Waals surface area contributed by atoms with E-state index in [4.69, 9.17) is 14.2 Å². The fourth-order valence-electron chi connectivity index (χ4n) is 2.56. The van der Waals surface area contributed by atoms with Crippen LogP contribution in [0.3, 0.4) is 0 Å². The highest BCUT2D eigenvalue weighted by Crippen LogP contribution is 2.29. The molecular weight excluding hydrogens is 352 g/mol. The molecule has 0 atom stereocenters. The van der Waals surface area contributed by atoms with Crippen LogP contribution in [-0.4, -0.2) is 26.3 Å². The van der Waals surface area contributed by atoms with Crippen LogP contribution in [-0.2, 0) is 9.53 Å². The van der Waals surface area contributed by atoms with Crippen LogP contribution in [0.15, 0.2) is 29.1 Å². The first-order valence-electron chi connectivity index (χ1n) is 9.04. The largest absolute Gasteiger partial charge is 0.497 e. The average molecular weight is 378 g/mol. The molecule has 0 unspecified atom stereocenters. The number of benzene rings is 1. The van der Waals surface area contributed by atoms with E-state index in [0.29, 0.717) is 25.4 Å². The predicted molar refractivity (Wildman–Crippen MR) is 104 cm³/mol. The van der Waals surface area contributed by atoms with E-state index in [1.165, 1.54) is 11.3 Å². The third-order valence-electron chi connectivity index (χ3n) is 4.01. The quantitative estimate of drug-likeness (QED) is 0.424. The highest BCUT2D eigenvalue weighted by Gasteiger charge is 2.07. The van der Waals surface area contributed by atoms with Gasteiger partial charge in [-0.1, -0.05) is 37.5 Å². The average Bonchev–Trinajstić information content (AvgIpc) is 2.65. The van der Waals surface area contributed by atoms with Crippen LogP contribution in [0.4, 0.5) is 0 Å². The lowest BCUT2D eigenvalue weighted by molar-refractivity contribution is -0.143. The molecule has 0 spiro atoms. The zero-order valence-electron chi connectivity index (χ0n) is 15.4. The Morgan fingerprint density at radius 1 is 1.04 bits per heavy atom. The van der Waals surface area contributed by atoms with Crippen LogP contribution in [0.5, 0.6) is 11.5 Å². The molecule has 1 aromatic heterocycles. The fraction of sp³-hybridized carbons (Fsp3) is 0.500. The van der Waals surface area contributed by atoms with Gasteiger partial charge in [-0.2, -0.15) is 0 Å². The van der Waals surface area contributed by atoms with Crippen molar-refractivity contribution in [1.82, 2.24) is 0 Å². The minimum Gasteiger partial charge on any atom is -0.497 e. The van der Waals surface area contributed by atoms with Crippen molar-refractivity contribution in [3.8, 4) is 11.5 Å². The number of carbonyl (C=O) groups is 1. The Kier molecular flexibility index (Phi) is 8.41. The van der Waals surface area contributed by atoms with Gasteiger partial charge in [-0.25, -0.2) is 0 Å². The third-order valence-corrected chi connectivity index (χ3v) is 4.89. The molecule has 0 bridgehead atoms. The number of unbranched alkanes of at least 4 members (excludes halogenated alkanes) is 4. The summed E-state index contributed by atoms with van der Waals surface area (Å²) >= 11 is 1.19. The van der Waals surface area contributed by atoms with E-state index in [0.717, 1.165) is 47.9 Å². The number of hydrogen-bond donors (Lipinski definition) is 0. The van der Waals surface area contributed by atoms with E-state index >= 15 is 0 Å². The molecule has 0 aliphatic rings. The second-order valence-corrected chi connectivity index (χ2v) is 7.03. The Bertz CT molecular complexity index is 768. The Hall–Kier alpha value is -2.08. The van der Waals surface area contributed by atoms with Gasteiger partial charge in [-0.05, 0) is 31.0 Å². The summed E-state index contributed by atoms with van der Waals surface area (Å²) in [6.07, 6.45) is 5.43. The van der Waals surface area contributed by atoms with E-state index in [9.17, 15) is 9.59 Å². The summed E-state index contributed by atoms with van der Waals surface area (Å²) in [4.78, 5) is 22.9. The van der Waals surface area contributed by atoms with Gasteiger partial charge in [-0.3, -0.25) is 9.59 Å². The monoisotopic (exact) mass is 378 g/mol. The maximum Gasteiger partial charge on any atom is 0.305 e. The van der Waals surface area contributed by atoms with E-state index < -0.39 is 0 Å². The van der Waals surface area contributed by atoms with Crippen molar-refractivity contribution in [2.45, 2.75) is 45.4 Å². The number of methoxy groups -OCH3 is 1. The first kappa shape index (κ1) is 20.2. The van der Waals surface area contributed by atoms with Crippen LogP contribution >= 0.6 is 11.3 Å². The Labute approximate surface area is 157 Å². The number of fused-ring (bicyclic) bond motifs is 1. The molecule has 0 amide bonds. The van der Waals surface area contributed by atoms with Crippen molar-refractivity contribution in [2.75, 3.05) is 20.3 Å². The Balaban J connectivity index is 1.73. The Morgan fingerprint density at radius 2 is 1.77 bits per heavy atom. The molecule has 0 saturated heterocycles. The molecule has 0 aliphatic heterocycles. The van der Waals surface area contributed by atoms with Crippen molar-refractivity contribution >= 4 is 27.4 Å². The molecule has 1 aromatic carbocycles. The SMILES string of the molecule is CCC(=O)OCCCCCCCOc1cc(=O)sc2cc(OC)ccc12. The minimum atomic E-state index is -0.134. The summed E-state index contributed by atoms with van der Waals surface area (Å²) < 4.78 is 16.9. The van der Waals surface area contributed by atoms with Crippen molar-refractivity contribution in [1.29, 1.82) is 0 Å². The first-order valence-corrected chi connectivity index (χ1v) is 9.86. The predicted octanol–water partition coefficient (Wildman–Crippen LogP) is 4.55. The van der Waals surface area contributed by atoms with Gasteiger partial charge in [0, 0.05) is 22.6 Å². The summed E-state index contributed by atoms with van der Waals surface area (Å²) in [5.41, 5.74) is 0. The van der Waals surface area contributed by atoms with Gasteiger partial charge in [0.1, 0.15) is 11.5 Å². The molecule has 5 nitrogen and oxygen atoms in total. The molecule has 0 radical (unpaired) electrons. The number of ether oxygens (including phenoxy) is 3. The van der Waals surface area contributed by atoms with Gasteiger partial charge in [0.05, 0.1) is 20.3 Å². The molecule has 2 rings (SSSR count). The molecule has 6 heteroatoms. The van der Waals surface area contributed by atoms with Crippen LogP contribution in [0, 0.1) is 0 Å². The maximum absolute atomic E-state index is 11.9. The fourth-order valence-corrected chi connectivity index (χ4v) is 3.40. The Morgan fingerprint density at radius 3 is 2.50 bits per heavy atom. The third kappa shape index (κ3) is 6.33. The van der Waals surface area contributed by atoms with Gasteiger partial charge < -0.3 is 14.2 Å². The zero-order chi connectivity index (χ0) is 18.8. The highest BCUT2D eigenvalue weighted by molar-refractivity contribution is 7.16. The summed E-state index contributed by atoms with van der Waals surface area (Å²) in [6, 6.07) is 7.22. The number of hydrogen-bond acceptors (Lipinski definition) is 6. The zero-order valence-corrected chi connectivity index (χ0v) is 16.2. The van der Waals surface area contributed by atoms with E-state index in [1.54, 1.807) is 20.1 Å². The van der Waals surface area contributed by atoms with Crippen molar-refractivity contribution in [3.63, 3.8) is 0 Å². The van der Waals surface area contributed by atoms with Gasteiger partial charge >= 0.3 is 5.97 Å². The molecule has 0 saturated carbocycles. The van der Waals surface area contributed by atoms with Crippen molar-refractivity contribution < 1.29 is 19.0 Å². The lowest BCUT2D eigenvalue weighted by atomic mass is 10.1. The van der Waals surface area contributed by atoms with Gasteiger partial charge in [0.2, 0.25) is 4.74 Å². The van der Waals surface area contributed by atoms with Crippen LogP contribution < -0.4 is 14.2 Å². The lowest BCUT2D eigenvalue weighted by Gasteiger charge is -2.09. The van der Waals surface area contributed by atoms with Gasteiger partial charge in [-0.15, -0.1) is 0 Å². The molecule has 142 valence electrons. The van der Waals surface area contributed by atoms with Gasteiger partial charge in [0.25, 0.3) is 0 Å². The first-order chi connectivity index (χ1) is 12.6. The highest BCUT2D eigenvalue weighted by atomic mass is 32.1. The second-order valence-electron chi connectivity index (χ2n) is 5.98. The van der Waals surface area contributed by atoms with E-state index in [1.807, 2.05) is 18.2 Å². The molecule has 1 heterocycles. The van der Waals surface area contributed by atoms with E-state index in [-0.39, 0.29) is 10.7 Å². The minimum absolute atomic E-state index is 0.0256. The topological polar surface area (TPSA) is 61.8 Å². The molecule has 0 aliphatic carbocycles. The summed E-state index contributed by atoms with van der Waals surface area (Å²) in [5, 5.41) is 0.938. The molecular formula is C20H26O5S. The summed E-state index contributed by atoms with van der Waals surface area (Å²) in [5.74, 6) is 1.23. The smallest absolute Gasteiger partial charge is 0.305 e. The normalized spacial score (nSPS) is 10.7. The van der Waals surface area contributed by atoms with Crippen LogP contribution in [0.1, 0.15) is 45.4 Å². The summed E-state index contributed by atoms with van der Waals surface area (Å²) in [6.45, 7) is 2.89. The number of carbonyl (C=O) groups excluding carboxylic acids is 1. The van der Waals surface area contributed by atoms with Crippen LogP contribution in [0.2, 0.25) is 0 Å². The summed E-state index contributed by atoms with van der Waals surface area (Å²) in [7, 11) is 1.61. The van der Waals surface area contributed by atoms with E-state index in [2.05, 4.69) is 0 Å². The standard InChI is InChI=1S/C20H26O5S/c1-3-19(21)25-12-8-6-4-5-7-11-24-17-14-20(22)26-18-13-15(23-2)9-10-16(17)18/h9-10,13-14H,3-8,11-12H2,1-2H3. The molecule has 26 heavy (non-hydrogen) atoms. The van der Waals surface area contributed by atoms with Gasteiger partial charge in [0.15, 0.2) is 0 Å². The second kappa shape index (κ2) is 10.8.